The van der Waals surface area contributed by atoms with Gasteiger partial charge in [0.25, 0.3) is 5.56 Å². The summed E-state index contributed by atoms with van der Waals surface area (Å²) in [5.41, 5.74) is 1.19. The Kier molecular flexibility index (Phi) is 4.27. The SMILES string of the molecule is Cc1c(N2CCC(CO)(CO)CC2)ccc2c(=O)n(N)c(=O)n(C3CC3)c12. The molecular weight excluding hydrogens is 348 g/mol. The molecule has 1 saturated carbocycles. The van der Waals surface area contributed by atoms with Gasteiger partial charge in [0.15, 0.2) is 0 Å². The molecule has 2 aromatic rings. The van der Waals surface area contributed by atoms with Gasteiger partial charge in [-0.2, -0.15) is 4.68 Å². The number of aliphatic hydroxyl groups is 2. The summed E-state index contributed by atoms with van der Waals surface area (Å²) in [6.07, 6.45) is 3.21. The van der Waals surface area contributed by atoms with Gasteiger partial charge >= 0.3 is 5.69 Å². The molecule has 1 saturated heterocycles. The first-order valence-electron chi connectivity index (χ1n) is 9.45. The van der Waals surface area contributed by atoms with Crippen LogP contribution < -0.4 is 22.0 Å². The average molecular weight is 374 g/mol. The predicted octanol–water partition coefficient (Wildman–Crippen LogP) is 0.0915. The molecule has 146 valence electrons. The zero-order valence-corrected chi connectivity index (χ0v) is 15.5. The monoisotopic (exact) mass is 374 g/mol. The topological polar surface area (TPSA) is 114 Å². The zero-order valence-electron chi connectivity index (χ0n) is 15.5. The molecule has 0 atom stereocenters. The highest BCUT2D eigenvalue weighted by Gasteiger charge is 2.35. The molecule has 2 aliphatic rings. The summed E-state index contributed by atoms with van der Waals surface area (Å²) in [7, 11) is 0. The van der Waals surface area contributed by atoms with E-state index >= 15 is 0 Å². The molecule has 1 aromatic carbocycles. The summed E-state index contributed by atoms with van der Waals surface area (Å²) < 4.78 is 2.38. The van der Waals surface area contributed by atoms with Crippen molar-refractivity contribution in [2.45, 2.75) is 38.6 Å². The molecule has 0 radical (unpaired) electrons. The van der Waals surface area contributed by atoms with E-state index in [4.69, 9.17) is 5.84 Å². The first-order chi connectivity index (χ1) is 12.9. The summed E-state index contributed by atoms with van der Waals surface area (Å²) in [5, 5.41) is 19.7. The second-order valence-electron chi connectivity index (χ2n) is 7.97. The van der Waals surface area contributed by atoms with Crippen molar-refractivity contribution in [3.8, 4) is 0 Å². The van der Waals surface area contributed by atoms with E-state index in [0.29, 0.717) is 41.5 Å². The van der Waals surface area contributed by atoms with E-state index in [1.807, 2.05) is 13.0 Å². The fourth-order valence-electron chi connectivity index (χ4n) is 4.20. The van der Waals surface area contributed by atoms with Crippen molar-refractivity contribution in [1.82, 2.24) is 9.24 Å². The van der Waals surface area contributed by atoms with Crippen LogP contribution in [0.4, 0.5) is 5.69 Å². The predicted molar refractivity (Wildman–Crippen MR) is 104 cm³/mol. The van der Waals surface area contributed by atoms with Gasteiger partial charge in [-0.3, -0.25) is 9.36 Å². The Morgan fingerprint density at radius 2 is 1.78 bits per heavy atom. The number of nitrogen functional groups attached to an aromatic ring is 1. The fraction of sp³-hybridized carbons (Fsp3) is 0.579. The summed E-state index contributed by atoms with van der Waals surface area (Å²) >= 11 is 0. The second-order valence-corrected chi connectivity index (χ2v) is 7.97. The Labute approximate surface area is 156 Å². The van der Waals surface area contributed by atoms with Gasteiger partial charge in [-0.25, -0.2) is 4.79 Å². The largest absolute Gasteiger partial charge is 0.396 e. The normalized spacial score (nSPS) is 19.6. The Morgan fingerprint density at radius 1 is 1.15 bits per heavy atom. The maximum Gasteiger partial charge on any atom is 0.350 e. The van der Waals surface area contributed by atoms with Crippen LogP contribution in [-0.4, -0.2) is 45.8 Å². The van der Waals surface area contributed by atoms with Gasteiger partial charge in [0.1, 0.15) is 0 Å². The molecule has 1 aromatic heterocycles. The standard InChI is InChI=1S/C19H26N4O4/c1-12-15(21-8-6-19(10-24,11-25)7-9-21)5-4-14-16(12)22(13-2-3-13)18(27)23(20)17(14)26/h4-5,13,24-25H,2-3,6-11,20H2,1H3. The van der Waals surface area contributed by atoms with Crippen LogP contribution in [0.2, 0.25) is 0 Å². The highest BCUT2D eigenvalue weighted by Crippen LogP contribution is 2.39. The van der Waals surface area contributed by atoms with Crippen LogP contribution in [0, 0.1) is 12.3 Å². The number of rotatable bonds is 4. The van der Waals surface area contributed by atoms with Crippen molar-refractivity contribution in [1.29, 1.82) is 0 Å². The zero-order chi connectivity index (χ0) is 19.3. The first kappa shape index (κ1) is 18.1. The number of benzene rings is 1. The van der Waals surface area contributed by atoms with Crippen LogP contribution in [0.3, 0.4) is 0 Å². The molecule has 1 aliphatic carbocycles. The average Bonchev–Trinajstić information content (AvgIpc) is 3.52. The molecule has 0 spiro atoms. The van der Waals surface area contributed by atoms with E-state index in [9.17, 15) is 19.8 Å². The lowest BCUT2D eigenvalue weighted by Crippen LogP contribution is -2.45. The van der Waals surface area contributed by atoms with Gasteiger partial charge < -0.3 is 21.0 Å². The van der Waals surface area contributed by atoms with E-state index < -0.39 is 16.7 Å². The smallest absolute Gasteiger partial charge is 0.350 e. The Morgan fingerprint density at radius 3 is 2.33 bits per heavy atom. The van der Waals surface area contributed by atoms with Crippen molar-refractivity contribution in [3.05, 3.63) is 38.5 Å². The minimum absolute atomic E-state index is 0.0225. The van der Waals surface area contributed by atoms with E-state index in [1.54, 1.807) is 10.6 Å². The van der Waals surface area contributed by atoms with Crippen LogP contribution in [0.15, 0.2) is 21.7 Å². The highest BCUT2D eigenvalue weighted by atomic mass is 16.3. The van der Waals surface area contributed by atoms with E-state index in [1.165, 1.54) is 0 Å². The molecule has 4 N–H and O–H groups in total. The molecule has 2 heterocycles. The number of aliphatic hydroxyl groups excluding tert-OH is 2. The van der Waals surface area contributed by atoms with Crippen LogP contribution in [0.1, 0.15) is 37.3 Å². The number of piperidine rings is 1. The molecule has 0 unspecified atom stereocenters. The van der Waals surface area contributed by atoms with Crippen LogP contribution in [0.25, 0.3) is 10.9 Å². The van der Waals surface area contributed by atoms with Gasteiger partial charge in [-0.1, -0.05) is 0 Å². The maximum atomic E-state index is 12.6. The molecule has 4 rings (SSSR count). The second kappa shape index (κ2) is 6.38. The lowest BCUT2D eigenvalue weighted by Gasteiger charge is -2.41. The molecule has 1 aliphatic heterocycles. The van der Waals surface area contributed by atoms with Crippen molar-refractivity contribution >= 4 is 16.6 Å². The minimum Gasteiger partial charge on any atom is -0.396 e. The summed E-state index contributed by atoms with van der Waals surface area (Å²) in [6.45, 7) is 3.30. The van der Waals surface area contributed by atoms with Crippen molar-refractivity contribution in [2.24, 2.45) is 5.41 Å². The quantitative estimate of drug-likeness (QED) is 0.654. The van der Waals surface area contributed by atoms with Crippen molar-refractivity contribution in [3.63, 3.8) is 0 Å². The molecule has 2 fully saturated rings. The third-order valence-corrected chi connectivity index (χ3v) is 6.25. The molecule has 8 heteroatoms. The number of hydrogen-bond donors (Lipinski definition) is 3. The third kappa shape index (κ3) is 2.74. The fourth-order valence-corrected chi connectivity index (χ4v) is 4.20. The van der Waals surface area contributed by atoms with Gasteiger partial charge in [-0.15, -0.1) is 0 Å². The molecular formula is C19H26N4O4. The van der Waals surface area contributed by atoms with Gasteiger partial charge in [0.05, 0.1) is 24.1 Å². The lowest BCUT2D eigenvalue weighted by molar-refractivity contribution is 0.0341. The first-order valence-corrected chi connectivity index (χ1v) is 9.45. The molecule has 8 nitrogen and oxygen atoms in total. The maximum absolute atomic E-state index is 12.6. The summed E-state index contributed by atoms with van der Waals surface area (Å²) in [4.78, 5) is 27.3. The van der Waals surface area contributed by atoms with Gasteiger partial charge in [0, 0.05) is 30.2 Å². The molecule has 0 bridgehead atoms. The van der Waals surface area contributed by atoms with E-state index in [-0.39, 0.29) is 19.3 Å². The molecule has 0 amide bonds. The summed E-state index contributed by atoms with van der Waals surface area (Å²) in [6, 6.07) is 3.76. The number of aromatic nitrogens is 2. The Bertz CT molecular complexity index is 991. The van der Waals surface area contributed by atoms with Gasteiger partial charge in [-0.05, 0) is 50.3 Å². The van der Waals surface area contributed by atoms with Crippen LogP contribution in [-0.2, 0) is 0 Å². The number of fused-ring (bicyclic) bond motifs is 1. The highest BCUT2D eigenvalue weighted by molar-refractivity contribution is 5.87. The minimum atomic E-state index is -0.472. The number of anilines is 1. The lowest BCUT2D eigenvalue weighted by atomic mass is 9.80. The Balaban J connectivity index is 1.82. The summed E-state index contributed by atoms with van der Waals surface area (Å²) in [5.74, 6) is 5.72. The third-order valence-electron chi connectivity index (χ3n) is 6.25. The number of aryl methyl sites for hydroxylation is 1. The molecule has 27 heavy (non-hydrogen) atoms. The van der Waals surface area contributed by atoms with E-state index in [2.05, 4.69) is 4.90 Å². The van der Waals surface area contributed by atoms with E-state index in [0.717, 1.165) is 24.1 Å². The number of nitrogens with two attached hydrogens (primary N) is 1. The van der Waals surface area contributed by atoms with Crippen molar-refractivity contribution < 1.29 is 10.2 Å². The van der Waals surface area contributed by atoms with Crippen molar-refractivity contribution in [2.75, 3.05) is 37.0 Å². The van der Waals surface area contributed by atoms with Crippen LogP contribution >= 0.6 is 0 Å². The number of nitrogens with zero attached hydrogens (tertiary/aromatic N) is 3. The number of hydrogen-bond acceptors (Lipinski definition) is 6. The Hall–Kier alpha value is -2.32. The van der Waals surface area contributed by atoms with Crippen LogP contribution in [0.5, 0.6) is 0 Å². The van der Waals surface area contributed by atoms with Gasteiger partial charge in [0.2, 0.25) is 0 Å².